The van der Waals surface area contributed by atoms with E-state index < -0.39 is 0 Å². The fraction of sp³-hybridized carbons (Fsp3) is 0.562. The number of aryl methyl sites for hydroxylation is 3. The number of cyclic esters (lactones) is 1. The molecule has 4 nitrogen and oxygen atoms in total. The van der Waals surface area contributed by atoms with Gasteiger partial charge in [-0.15, -0.1) is 11.3 Å². The monoisotopic (exact) mass is 334 g/mol. The summed E-state index contributed by atoms with van der Waals surface area (Å²) in [7, 11) is 0. The molecule has 0 aromatic carbocycles. The van der Waals surface area contributed by atoms with Crippen molar-refractivity contribution in [3.8, 4) is 0 Å². The maximum atomic E-state index is 12.0. The molecule has 1 aliphatic carbocycles. The molecule has 1 fully saturated rings. The zero-order chi connectivity index (χ0) is 15.3. The second-order valence-corrected chi connectivity index (χ2v) is 8.33. The van der Waals surface area contributed by atoms with E-state index in [1.54, 1.807) is 23.1 Å². The summed E-state index contributed by atoms with van der Waals surface area (Å²) in [5.74, 6) is 0.680. The number of hydrogen-bond acceptors (Lipinski definition) is 6. The zero-order valence-electron chi connectivity index (χ0n) is 12.7. The van der Waals surface area contributed by atoms with E-state index in [1.165, 1.54) is 28.7 Å². The van der Waals surface area contributed by atoms with Crippen LogP contribution >= 0.6 is 23.1 Å². The van der Waals surface area contributed by atoms with Crippen LogP contribution in [0.3, 0.4) is 0 Å². The Hall–Kier alpha value is -1.14. The number of carbonyl (C=O) groups is 1. The Kier molecular flexibility index (Phi) is 3.61. The Labute approximate surface area is 137 Å². The average Bonchev–Trinajstić information content (AvgIpc) is 2.98. The van der Waals surface area contributed by atoms with Crippen molar-refractivity contribution >= 4 is 39.3 Å². The predicted octanol–water partition coefficient (Wildman–Crippen LogP) is 3.67. The van der Waals surface area contributed by atoms with Crippen LogP contribution in [-0.4, -0.2) is 27.3 Å². The van der Waals surface area contributed by atoms with Crippen LogP contribution in [0.25, 0.3) is 10.2 Å². The Balaban J connectivity index is 1.79. The highest BCUT2D eigenvalue weighted by atomic mass is 32.2. The van der Waals surface area contributed by atoms with E-state index in [4.69, 9.17) is 4.74 Å². The van der Waals surface area contributed by atoms with Gasteiger partial charge in [-0.05, 0) is 45.1 Å². The van der Waals surface area contributed by atoms with Crippen molar-refractivity contribution in [3.05, 3.63) is 16.3 Å². The van der Waals surface area contributed by atoms with Gasteiger partial charge in [0.2, 0.25) is 0 Å². The fourth-order valence-electron chi connectivity index (χ4n) is 3.26. The second kappa shape index (κ2) is 5.49. The molecule has 2 aromatic rings. The molecule has 2 atom stereocenters. The average molecular weight is 334 g/mol. The molecule has 2 aliphatic rings. The number of fused-ring (bicyclic) bond motifs is 3. The molecule has 1 saturated heterocycles. The molecule has 6 heteroatoms. The third-order valence-electron chi connectivity index (χ3n) is 4.27. The molecule has 0 amide bonds. The van der Waals surface area contributed by atoms with Gasteiger partial charge in [-0.1, -0.05) is 11.8 Å². The lowest BCUT2D eigenvalue weighted by atomic mass is 9.97. The zero-order valence-corrected chi connectivity index (χ0v) is 14.4. The first-order valence-electron chi connectivity index (χ1n) is 7.78. The van der Waals surface area contributed by atoms with Crippen LogP contribution in [0, 0.1) is 6.92 Å². The lowest BCUT2D eigenvalue weighted by Gasteiger charge is -2.12. The lowest BCUT2D eigenvalue weighted by molar-refractivity contribution is -0.140. The van der Waals surface area contributed by atoms with E-state index in [0.717, 1.165) is 34.9 Å². The number of carbonyl (C=O) groups excluding carboxylic acids is 1. The maximum absolute atomic E-state index is 12.0. The van der Waals surface area contributed by atoms with Gasteiger partial charge in [-0.3, -0.25) is 4.79 Å². The molecular weight excluding hydrogens is 316 g/mol. The van der Waals surface area contributed by atoms with E-state index in [2.05, 4.69) is 9.97 Å². The van der Waals surface area contributed by atoms with Crippen molar-refractivity contribution in [1.82, 2.24) is 9.97 Å². The van der Waals surface area contributed by atoms with Crippen molar-refractivity contribution in [1.29, 1.82) is 0 Å². The van der Waals surface area contributed by atoms with E-state index in [-0.39, 0.29) is 17.3 Å². The van der Waals surface area contributed by atoms with Gasteiger partial charge in [0.15, 0.2) is 0 Å². The summed E-state index contributed by atoms with van der Waals surface area (Å²) in [6.07, 6.45) is 5.55. The fourth-order valence-corrected chi connectivity index (χ4v) is 5.94. The molecule has 0 bridgehead atoms. The van der Waals surface area contributed by atoms with Gasteiger partial charge in [-0.2, -0.15) is 0 Å². The minimum atomic E-state index is -0.133. The van der Waals surface area contributed by atoms with E-state index >= 15 is 0 Å². The summed E-state index contributed by atoms with van der Waals surface area (Å²) in [5, 5.41) is 2.03. The Bertz CT molecular complexity index is 756. The molecule has 0 radical (unpaired) electrons. The van der Waals surface area contributed by atoms with Gasteiger partial charge < -0.3 is 4.74 Å². The van der Waals surface area contributed by atoms with Gasteiger partial charge in [0.25, 0.3) is 0 Å². The molecule has 0 unspecified atom stereocenters. The van der Waals surface area contributed by atoms with Crippen molar-refractivity contribution in [2.75, 3.05) is 0 Å². The summed E-state index contributed by atoms with van der Waals surface area (Å²) < 4.78 is 5.28. The quantitative estimate of drug-likeness (QED) is 0.619. The number of esters is 1. The number of thiophene rings is 1. The topological polar surface area (TPSA) is 52.1 Å². The van der Waals surface area contributed by atoms with Crippen molar-refractivity contribution in [2.45, 2.75) is 62.3 Å². The van der Waals surface area contributed by atoms with Gasteiger partial charge in [0.05, 0.1) is 0 Å². The minimum absolute atomic E-state index is 0.0137. The smallest absolute Gasteiger partial charge is 0.319 e. The molecule has 4 rings (SSSR count). The predicted molar refractivity (Wildman–Crippen MR) is 88.6 cm³/mol. The standard InChI is InChI=1S/C16H18N2O2S2/c1-8-7-12(16(19)20-8)22-15-13-10-5-3-4-6-11(10)21-14(13)17-9(2)18-15/h8,12H,3-7H2,1-2H3/t8-,12+/m1/s1. The number of rotatable bonds is 2. The number of aromatic nitrogens is 2. The number of hydrogen-bond donors (Lipinski definition) is 0. The van der Waals surface area contributed by atoms with E-state index in [9.17, 15) is 4.79 Å². The molecular formula is C16H18N2O2S2. The van der Waals surface area contributed by atoms with Crippen molar-refractivity contribution < 1.29 is 9.53 Å². The first kappa shape index (κ1) is 14.5. The Morgan fingerprint density at radius 1 is 1.27 bits per heavy atom. The molecule has 1 aliphatic heterocycles. The first-order chi connectivity index (χ1) is 10.6. The highest BCUT2D eigenvalue weighted by molar-refractivity contribution is 8.00. The SMILES string of the molecule is Cc1nc(S[C@H]2C[C@@H](C)OC2=O)c2c3c(sc2n1)CCCC3. The molecule has 0 N–H and O–H groups in total. The van der Waals surface area contributed by atoms with E-state index in [1.807, 2.05) is 13.8 Å². The summed E-state index contributed by atoms with van der Waals surface area (Å²) in [5.41, 5.74) is 1.42. The molecule has 0 spiro atoms. The lowest BCUT2D eigenvalue weighted by Crippen LogP contribution is -2.10. The molecule has 3 heterocycles. The first-order valence-corrected chi connectivity index (χ1v) is 9.47. The van der Waals surface area contributed by atoms with Crippen molar-refractivity contribution in [3.63, 3.8) is 0 Å². The third kappa shape index (κ3) is 2.42. The Morgan fingerprint density at radius 3 is 2.86 bits per heavy atom. The summed E-state index contributed by atoms with van der Waals surface area (Å²) in [6.45, 7) is 3.88. The van der Waals surface area contributed by atoms with Crippen LogP contribution < -0.4 is 0 Å². The number of thioether (sulfide) groups is 1. The normalized spacial score (nSPS) is 24.5. The van der Waals surface area contributed by atoms with Crippen LogP contribution in [0.1, 0.15) is 42.5 Å². The van der Waals surface area contributed by atoms with Gasteiger partial charge in [0.1, 0.15) is 27.0 Å². The van der Waals surface area contributed by atoms with Crippen LogP contribution in [0.2, 0.25) is 0 Å². The third-order valence-corrected chi connectivity index (χ3v) is 6.65. The van der Waals surface area contributed by atoms with Gasteiger partial charge in [-0.25, -0.2) is 9.97 Å². The summed E-state index contributed by atoms with van der Waals surface area (Å²) >= 11 is 3.37. The van der Waals surface area contributed by atoms with Gasteiger partial charge in [0, 0.05) is 16.7 Å². The molecule has 22 heavy (non-hydrogen) atoms. The van der Waals surface area contributed by atoms with Crippen LogP contribution in [0.5, 0.6) is 0 Å². The van der Waals surface area contributed by atoms with Crippen LogP contribution in [0.4, 0.5) is 0 Å². The second-order valence-electron chi connectivity index (χ2n) is 6.06. The maximum Gasteiger partial charge on any atom is 0.319 e. The summed E-state index contributed by atoms with van der Waals surface area (Å²) in [6, 6.07) is 0. The van der Waals surface area contributed by atoms with Crippen LogP contribution in [0.15, 0.2) is 5.03 Å². The number of ether oxygens (including phenoxy) is 1. The largest absolute Gasteiger partial charge is 0.462 e. The number of nitrogens with zero attached hydrogens (tertiary/aromatic N) is 2. The molecule has 2 aromatic heterocycles. The highest BCUT2D eigenvalue weighted by Gasteiger charge is 2.34. The Morgan fingerprint density at radius 2 is 2.09 bits per heavy atom. The van der Waals surface area contributed by atoms with Gasteiger partial charge >= 0.3 is 5.97 Å². The van der Waals surface area contributed by atoms with E-state index in [0.29, 0.717) is 0 Å². The van der Waals surface area contributed by atoms with Crippen LogP contribution in [-0.2, 0) is 22.4 Å². The molecule has 0 saturated carbocycles. The molecule has 116 valence electrons. The highest BCUT2D eigenvalue weighted by Crippen LogP contribution is 2.42. The van der Waals surface area contributed by atoms with Crippen molar-refractivity contribution in [2.24, 2.45) is 0 Å². The minimum Gasteiger partial charge on any atom is -0.462 e. The summed E-state index contributed by atoms with van der Waals surface area (Å²) in [4.78, 5) is 23.8.